The van der Waals surface area contributed by atoms with Crippen molar-refractivity contribution in [3.8, 4) is 0 Å². The van der Waals surface area contributed by atoms with E-state index in [9.17, 15) is 9.59 Å². The number of thiophene rings is 1. The van der Waals surface area contributed by atoms with Crippen molar-refractivity contribution in [2.45, 2.75) is 77.9 Å². The zero-order valence-corrected chi connectivity index (χ0v) is 26.7. The van der Waals surface area contributed by atoms with E-state index < -0.39 is 5.60 Å². The third kappa shape index (κ3) is 6.54. The molecule has 1 unspecified atom stereocenters. The fourth-order valence-electron chi connectivity index (χ4n) is 6.60. The van der Waals surface area contributed by atoms with Crippen LogP contribution >= 0.6 is 11.3 Å². The minimum Gasteiger partial charge on any atom is -0.444 e. The Labute approximate surface area is 258 Å². The number of rotatable bonds is 8. The zero-order chi connectivity index (χ0) is 30.2. The van der Waals surface area contributed by atoms with E-state index in [1.165, 1.54) is 16.6 Å². The van der Waals surface area contributed by atoms with Gasteiger partial charge in [0.1, 0.15) is 5.60 Å². The van der Waals surface area contributed by atoms with Crippen LogP contribution in [-0.2, 0) is 11.2 Å². The van der Waals surface area contributed by atoms with Crippen molar-refractivity contribution in [2.75, 3.05) is 31.1 Å². The van der Waals surface area contributed by atoms with Crippen LogP contribution in [-0.4, -0.2) is 59.7 Å². The molecule has 2 aliphatic rings. The van der Waals surface area contributed by atoms with Gasteiger partial charge in [0.15, 0.2) is 0 Å². The molecule has 43 heavy (non-hydrogen) atoms. The molecule has 7 nitrogen and oxygen atoms in total. The smallest absolute Gasteiger partial charge is 0.410 e. The average molecular weight is 601 g/mol. The summed E-state index contributed by atoms with van der Waals surface area (Å²) >= 11 is 1.58. The molecule has 1 atom stereocenters. The number of amides is 2. The fourth-order valence-corrected chi connectivity index (χ4v) is 7.60. The number of aromatic nitrogens is 1. The van der Waals surface area contributed by atoms with Gasteiger partial charge in [0.2, 0.25) is 0 Å². The topological polar surface area (TPSA) is 77.7 Å². The van der Waals surface area contributed by atoms with Crippen molar-refractivity contribution in [3.05, 3.63) is 65.2 Å². The van der Waals surface area contributed by atoms with Crippen LogP contribution in [0.25, 0.3) is 21.0 Å². The summed E-state index contributed by atoms with van der Waals surface area (Å²) in [5, 5.41) is 5.71. The molecule has 2 fully saturated rings. The summed E-state index contributed by atoms with van der Waals surface area (Å²) in [6.45, 7) is 11.5. The monoisotopic (exact) mass is 600 g/mol. The van der Waals surface area contributed by atoms with Gasteiger partial charge in [-0.25, -0.2) is 4.79 Å². The summed E-state index contributed by atoms with van der Waals surface area (Å²) in [7, 11) is 0. The molecule has 2 aliphatic heterocycles. The van der Waals surface area contributed by atoms with Crippen LogP contribution in [0.1, 0.15) is 75.0 Å². The van der Waals surface area contributed by atoms with Crippen LogP contribution in [0.2, 0.25) is 0 Å². The number of carbonyl (C=O) groups is 2. The summed E-state index contributed by atoms with van der Waals surface area (Å²) in [5.74, 6) is 0.0168. The van der Waals surface area contributed by atoms with Crippen LogP contribution in [0.4, 0.5) is 10.5 Å². The van der Waals surface area contributed by atoms with Crippen LogP contribution < -0.4 is 10.2 Å². The quantitative estimate of drug-likeness (QED) is 0.217. The van der Waals surface area contributed by atoms with Crippen molar-refractivity contribution < 1.29 is 14.3 Å². The Balaban J connectivity index is 1.08. The average Bonchev–Trinajstić information content (AvgIpc) is 3.58. The van der Waals surface area contributed by atoms with Crippen molar-refractivity contribution >= 4 is 50.0 Å². The number of carbonyl (C=O) groups excluding carboxylic acids is 2. The summed E-state index contributed by atoms with van der Waals surface area (Å²) < 4.78 is 6.69. The number of hydrogen-bond acceptors (Lipinski definition) is 5. The first-order valence-corrected chi connectivity index (χ1v) is 16.6. The predicted molar refractivity (Wildman–Crippen MR) is 176 cm³/mol. The SMILES string of the molecule is CCCCC(Cc1c[nH]c2ccccc12)NC(=O)c1cc2ccc(N3CCC4(CC3)CN(C(=O)OC(C)(C)C)C4)cc2s1. The number of anilines is 1. The second-order valence-corrected chi connectivity index (χ2v) is 14.6. The summed E-state index contributed by atoms with van der Waals surface area (Å²) in [6, 6.07) is 17.1. The maximum atomic E-state index is 13.5. The maximum absolute atomic E-state index is 13.5. The van der Waals surface area contributed by atoms with E-state index >= 15 is 0 Å². The Hall–Kier alpha value is -3.52. The standard InChI is InChI=1S/C35H44N4O3S/c1-5-6-9-26(18-25-21-36-29-11-8-7-10-28(25)29)37-32(40)31-19-24-12-13-27(20-30(24)43-31)38-16-14-35(15-17-38)22-39(23-35)33(41)42-34(2,3)4/h7-8,10-13,19-21,26,36H,5-6,9,14-18,22-23H2,1-4H3,(H,37,40). The third-order valence-electron chi connectivity index (χ3n) is 9.00. The third-order valence-corrected chi connectivity index (χ3v) is 10.1. The normalized spacial score (nSPS) is 17.3. The first-order chi connectivity index (χ1) is 20.6. The van der Waals surface area contributed by atoms with Gasteiger partial charge in [-0.15, -0.1) is 11.3 Å². The second kappa shape index (κ2) is 11.9. The lowest BCUT2D eigenvalue weighted by Gasteiger charge is -2.54. The number of likely N-dealkylation sites (tertiary alicyclic amines) is 1. The molecule has 2 aromatic carbocycles. The first kappa shape index (κ1) is 29.5. The first-order valence-electron chi connectivity index (χ1n) is 15.7. The zero-order valence-electron chi connectivity index (χ0n) is 25.9. The van der Waals surface area contributed by atoms with Crippen molar-refractivity contribution in [1.82, 2.24) is 15.2 Å². The molecule has 4 aromatic rings. The number of H-pyrrole nitrogens is 1. The highest BCUT2D eigenvalue weighted by atomic mass is 32.1. The number of ether oxygens (including phenoxy) is 1. The lowest BCUT2D eigenvalue weighted by Crippen LogP contribution is -2.62. The Morgan fingerprint density at radius 1 is 1.09 bits per heavy atom. The minimum absolute atomic E-state index is 0.0168. The molecule has 4 heterocycles. The van der Waals surface area contributed by atoms with E-state index in [1.54, 1.807) is 11.3 Å². The molecule has 0 aliphatic carbocycles. The lowest BCUT2D eigenvalue weighted by atomic mass is 9.72. The van der Waals surface area contributed by atoms with Crippen LogP contribution in [0.15, 0.2) is 54.7 Å². The number of hydrogen-bond donors (Lipinski definition) is 2. The maximum Gasteiger partial charge on any atom is 0.410 e. The number of unbranched alkanes of at least 4 members (excludes halogenated alkanes) is 1. The van der Waals surface area contributed by atoms with Gasteiger partial charge in [-0.05, 0) is 81.7 Å². The van der Waals surface area contributed by atoms with Crippen molar-refractivity contribution in [3.63, 3.8) is 0 Å². The minimum atomic E-state index is -0.459. The van der Waals surface area contributed by atoms with Crippen LogP contribution in [0.3, 0.4) is 0 Å². The molecule has 0 saturated carbocycles. The highest BCUT2D eigenvalue weighted by Gasteiger charge is 2.47. The molecule has 2 saturated heterocycles. The molecule has 228 valence electrons. The molecular weight excluding hydrogens is 556 g/mol. The molecule has 2 N–H and O–H groups in total. The van der Waals surface area contributed by atoms with E-state index in [4.69, 9.17) is 4.74 Å². The molecule has 2 amide bonds. The molecule has 1 spiro atoms. The summed E-state index contributed by atoms with van der Waals surface area (Å²) in [6.07, 6.45) is 7.99. The highest BCUT2D eigenvalue weighted by molar-refractivity contribution is 7.20. The van der Waals surface area contributed by atoms with Gasteiger partial charge < -0.3 is 24.8 Å². The number of nitrogens with zero attached hydrogens (tertiary/aromatic N) is 2. The van der Waals surface area contributed by atoms with Gasteiger partial charge >= 0.3 is 6.09 Å². The number of para-hydroxylation sites is 1. The number of aromatic amines is 1. The molecule has 0 bridgehead atoms. The van der Waals surface area contributed by atoms with E-state index in [-0.39, 0.29) is 23.5 Å². The molecular formula is C35H44N4O3S. The number of fused-ring (bicyclic) bond motifs is 2. The van der Waals surface area contributed by atoms with Gasteiger partial charge in [0.25, 0.3) is 5.91 Å². The largest absolute Gasteiger partial charge is 0.444 e. The molecule has 6 rings (SSSR count). The number of nitrogens with one attached hydrogen (secondary N) is 2. The highest BCUT2D eigenvalue weighted by Crippen LogP contribution is 2.42. The van der Waals surface area contributed by atoms with Gasteiger partial charge in [0, 0.05) is 65.1 Å². The van der Waals surface area contributed by atoms with Crippen molar-refractivity contribution in [2.24, 2.45) is 5.41 Å². The van der Waals surface area contributed by atoms with E-state index in [2.05, 4.69) is 64.7 Å². The predicted octanol–water partition coefficient (Wildman–Crippen LogP) is 7.75. The lowest BCUT2D eigenvalue weighted by molar-refractivity contribution is -0.0434. The summed E-state index contributed by atoms with van der Waals surface area (Å²) in [4.78, 5) is 34.3. The van der Waals surface area contributed by atoms with Crippen LogP contribution in [0.5, 0.6) is 0 Å². The van der Waals surface area contributed by atoms with E-state index in [0.717, 1.165) is 85.2 Å². The van der Waals surface area contributed by atoms with Gasteiger partial charge in [-0.2, -0.15) is 0 Å². The number of piperidine rings is 1. The fraction of sp³-hybridized carbons (Fsp3) is 0.486. The molecule has 8 heteroatoms. The van der Waals surface area contributed by atoms with E-state index in [0.29, 0.717) is 0 Å². The van der Waals surface area contributed by atoms with Crippen molar-refractivity contribution in [1.29, 1.82) is 0 Å². The Kier molecular flexibility index (Phi) is 8.16. The van der Waals surface area contributed by atoms with Gasteiger partial charge in [0.05, 0.1) is 4.88 Å². The number of benzene rings is 2. The van der Waals surface area contributed by atoms with Crippen LogP contribution in [0, 0.1) is 5.41 Å². The Bertz CT molecular complexity index is 1600. The van der Waals surface area contributed by atoms with E-state index in [1.807, 2.05) is 37.8 Å². The Morgan fingerprint density at radius 2 is 1.86 bits per heavy atom. The van der Waals surface area contributed by atoms with Gasteiger partial charge in [-0.1, -0.05) is 44.0 Å². The Morgan fingerprint density at radius 3 is 2.60 bits per heavy atom. The molecule has 2 aromatic heterocycles. The molecule has 0 radical (unpaired) electrons. The summed E-state index contributed by atoms with van der Waals surface area (Å²) in [5.41, 5.74) is 3.35. The van der Waals surface area contributed by atoms with Gasteiger partial charge in [-0.3, -0.25) is 4.79 Å². The second-order valence-electron chi connectivity index (χ2n) is 13.5.